The molecular formula is C12H11BrO2S. The fraction of sp³-hybridized carbons (Fsp3) is 0.250. The van der Waals surface area contributed by atoms with Crippen LogP contribution in [0.4, 0.5) is 0 Å². The summed E-state index contributed by atoms with van der Waals surface area (Å²) < 4.78 is 7.22. The zero-order valence-corrected chi connectivity index (χ0v) is 11.4. The number of hydrogen-bond acceptors (Lipinski definition) is 3. The van der Waals surface area contributed by atoms with E-state index in [4.69, 9.17) is 4.74 Å². The minimum absolute atomic E-state index is 0.191. The number of ether oxygens (including phenoxy) is 1. The van der Waals surface area contributed by atoms with Gasteiger partial charge in [0.05, 0.1) is 16.5 Å². The number of fused-ring (bicyclic) bond motifs is 1. The zero-order chi connectivity index (χ0) is 11.7. The van der Waals surface area contributed by atoms with Crippen LogP contribution in [0.5, 0.6) is 5.75 Å². The van der Waals surface area contributed by atoms with Crippen molar-refractivity contribution < 1.29 is 9.53 Å². The van der Waals surface area contributed by atoms with E-state index >= 15 is 0 Å². The van der Waals surface area contributed by atoms with E-state index in [0.717, 1.165) is 25.2 Å². The molecule has 1 aromatic heterocycles. The predicted octanol–water partition coefficient (Wildman–Crippen LogP) is 4.27. The first-order valence-electron chi connectivity index (χ1n) is 4.96. The summed E-state index contributed by atoms with van der Waals surface area (Å²) in [4.78, 5) is 12.4. The van der Waals surface area contributed by atoms with Crippen LogP contribution in [-0.2, 0) is 0 Å². The van der Waals surface area contributed by atoms with Gasteiger partial charge < -0.3 is 4.74 Å². The van der Waals surface area contributed by atoms with Gasteiger partial charge in [0, 0.05) is 11.1 Å². The van der Waals surface area contributed by atoms with Crippen LogP contribution in [0, 0.1) is 0 Å². The first-order valence-corrected chi connectivity index (χ1v) is 6.57. The third kappa shape index (κ3) is 1.99. The fourth-order valence-corrected chi connectivity index (χ4v) is 3.11. The Morgan fingerprint density at radius 2 is 2.19 bits per heavy atom. The fourth-order valence-electron chi connectivity index (χ4n) is 1.51. The van der Waals surface area contributed by atoms with Crippen molar-refractivity contribution in [2.75, 3.05) is 7.11 Å². The van der Waals surface area contributed by atoms with Gasteiger partial charge in [0.2, 0.25) is 0 Å². The monoisotopic (exact) mass is 298 g/mol. The lowest BCUT2D eigenvalue weighted by molar-refractivity contribution is 0.0992. The van der Waals surface area contributed by atoms with E-state index in [2.05, 4.69) is 15.9 Å². The summed E-state index contributed by atoms with van der Waals surface area (Å²) >= 11 is 4.95. The second-order valence-corrected chi connectivity index (χ2v) is 5.35. The molecule has 0 spiro atoms. The Labute approximate surface area is 106 Å². The Balaban J connectivity index is 2.58. The number of ketones is 1. The minimum Gasteiger partial charge on any atom is -0.496 e. The van der Waals surface area contributed by atoms with Crippen LogP contribution in [-0.4, -0.2) is 12.9 Å². The van der Waals surface area contributed by atoms with Gasteiger partial charge in [0.25, 0.3) is 0 Å². The van der Waals surface area contributed by atoms with Gasteiger partial charge in [0.15, 0.2) is 5.78 Å². The van der Waals surface area contributed by atoms with Crippen LogP contribution in [0.25, 0.3) is 10.1 Å². The largest absolute Gasteiger partial charge is 0.496 e. The lowest BCUT2D eigenvalue weighted by atomic mass is 10.2. The quantitative estimate of drug-likeness (QED) is 0.791. The highest BCUT2D eigenvalue weighted by Gasteiger charge is 2.10. The van der Waals surface area contributed by atoms with Gasteiger partial charge in [-0.15, -0.1) is 11.3 Å². The normalized spacial score (nSPS) is 10.7. The Morgan fingerprint density at radius 3 is 2.81 bits per heavy atom. The van der Waals surface area contributed by atoms with Crippen molar-refractivity contribution in [2.24, 2.45) is 0 Å². The molecule has 2 rings (SSSR count). The smallest absolute Gasteiger partial charge is 0.172 e. The lowest BCUT2D eigenvalue weighted by Crippen LogP contribution is -1.90. The number of Topliss-reactive ketones (excluding diaryl/α,β-unsaturated/α-hetero) is 1. The van der Waals surface area contributed by atoms with E-state index in [-0.39, 0.29) is 5.78 Å². The molecule has 0 atom stereocenters. The van der Waals surface area contributed by atoms with Gasteiger partial charge in [0.1, 0.15) is 5.75 Å². The summed E-state index contributed by atoms with van der Waals surface area (Å²) in [5.74, 6) is 0.987. The highest BCUT2D eigenvalue weighted by atomic mass is 79.9. The van der Waals surface area contributed by atoms with Crippen LogP contribution in [0.2, 0.25) is 0 Å². The molecule has 0 saturated carbocycles. The van der Waals surface area contributed by atoms with Gasteiger partial charge >= 0.3 is 0 Å². The highest BCUT2D eigenvalue weighted by Crippen LogP contribution is 2.35. The number of hydrogen-bond donors (Lipinski definition) is 0. The first kappa shape index (κ1) is 11.6. The summed E-state index contributed by atoms with van der Waals surface area (Å²) in [6.07, 6.45) is 0.547. The highest BCUT2D eigenvalue weighted by molar-refractivity contribution is 9.10. The van der Waals surface area contributed by atoms with Gasteiger partial charge in [-0.05, 0) is 39.5 Å². The van der Waals surface area contributed by atoms with Crippen molar-refractivity contribution >= 4 is 43.1 Å². The van der Waals surface area contributed by atoms with Crippen molar-refractivity contribution in [3.63, 3.8) is 0 Å². The van der Waals surface area contributed by atoms with E-state index in [1.54, 1.807) is 7.11 Å². The van der Waals surface area contributed by atoms with Crippen molar-refractivity contribution in [3.8, 4) is 5.75 Å². The second kappa shape index (κ2) is 4.55. The maximum atomic E-state index is 11.6. The van der Waals surface area contributed by atoms with Crippen molar-refractivity contribution in [3.05, 3.63) is 27.5 Å². The zero-order valence-electron chi connectivity index (χ0n) is 9.04. The minimum atomic E-state index is 0.191. The summed E-state index contributed by atoms with van der Waals surface area (Å²) in [6, 6.07) is 5.88. The van der Waals surface area contributed by atoms with Crippen molar-refractivity contribution in [1.29, 1.82) is 0 Å². The Kier molecular flexibility index (Phi) is 3.30. The molecule has 0 amide bonds. The second-order valence-electron chi connectivity index (χ2n) is 3.41. The lowest BCUT2D eigenvalue weighted by Gasteiger charge is -2.01. The summed E-state index contributed by atoms with van der Waals surface area (Å²) in [6.45, 7) is 1.88. The molecule has 0 aliphatic rings. The third-order valence-electron chi connectivity index (χ3n) is 2.39. The van der Waals surface area contributed by atoms with E-state index in [1.807, 2.05) is 25.1 Å². The van der Waals surface area contributed by atoms with Gasteiger partial charge in [-0.1, -0.05) is 6.92 Å². The average molecular weight is 299 g/mol. The molecule has 4 heteroatoms. The molecule has 2 aromatic rings. The Morgan fingerprint density at radius 1 is 1.44 bits per heavy atom. The molecule has 0 bridgehead atoms. The Hall–Kier alpha value is -0.870. The van der Waals surface area contributed by atoms with Crippen LogP contribution in [0.3, 0.4) is 0 Å². The van der Waals surface area contributed by atoms with E-state index in [9.17, 15) is 4.79 Å². The van der Waals surface area contributed by atoms with Crippen molar-refractivity contribution in [1.82, 2.24) is 0 Å². The van der Waals surface area contributed by atoms with Crippen LogP contribution in [0.1, 0.15) is 23.0 Å². The van der Waals surface area contributed by atoms with E-state index in [0.29, 0.717) is 6.42 Å². The standard InChI is InChI=1S/C12H11BrO2S/c1-3-9(14)12-5-7-4-8(13)10(15-2)6-11(7)16-12/h4-6H,3H2,1-2H3. The number of benzene rings is 1. The topological polar surface area (TPSA) is 26.3 Å². The van der Waals surface area contributed by atoms with Crippen molar-refractivity contribution in [2.45, 2.75) is 13.3 Å². The SMILES string of the molecule is CCC(=O)c1cc2cc(Br)c(OC)cc2s1. The molecule has 84 valence electrons. The first-order chi connectivity index (χ1) is 7.65. The maximum Gasteiger partial charge on any atom is 0.172 e. The van der Waals surface area contributed by atoms with Crippen LogP contribution in [0.15, 0.2) is 22.7 Å². The predicted molar refractivity (Wildman–Crippen MR) is 70.7 cm³/mol. The number of carbonyl (C=O) groups excluding carboxylic acids is 1. The summed E-state index contributed by atoms with van der Waals surface area (Å²) in [5.41, 5.74) is 0. The molecule has 0 unspecified atom stereocenters. The molecule has 0 fully saturated rings. The van der Waals surface area contributed by atoms with E-state index < -0.39 is 0 Å². The molecule has 16 heavy (non-hydrogen) atoms. The molecule has 1 aromatic carbocycles. The van der Waals surface area contributed by atoms with Gasteiger partial charge in [-0.3, -0.25) is 4.79 Å². The summed E-state index contributed by atoms with van der Waals surface area (Å²) in [5, 5.41) is 1.08. The number of rotatable bonds is 3. The Bertz CT molecular complexity index is 545. The van der Waals surface area contributed by atoms with Gasteiger partial charge in [-0.2, -0.15) is 0 Å². The molecule has 0 saturated heterocycles. The molecule has 0 N–H and O–H groups in total. The maximum absolute atomic E-state index is 11.6. The summed E-state index contributed by atoms with van der Waals surface area (Å²) in [7, 11) is 1.64. The van der Waals surface area contributed by atoms with Crippen LogP contribution >= 0.6 is 27.3 Å². The number of methoxy groups -OCH3 is 1. The number of carbonyl (C=O) groups is 1. The molecule has 2 nitrogen and oxygen atoms in total. The van der Waals surface area contributed by atoms with E-state index in [1.165, 1.54) is 11.3 Å². The third-order valence-corrected chi connectivity index (χ3v) is 4.15. The molecular weight excluding hydrogens is 288 g/mol. The molecule has 0 aliphatic heterocycles. The van der Waals surface area contributed by atoms with Gasteiger partial charge in [-0.25, -0.2) is 0 Å². The molecule has 1 heterocycles. The van der Waals surface area contributed by atoms with Crippen LogP contribution < -0.4 is 4.74 Å². The average Bonchev–Trinajstić information content (AvgIpc) is 2.69. The molecule has 0 aliphatic carbocycles. The number of halogens is 1. The molecule has 0 radical (unpaired) electrons. The number of thiophene rings is 1.